The van der Waals surface area contributed by atoms with Gasteiger partial charge in [0.25, 0.3) is 5.91 Å². The average molecular weight is 380 g/mol. The molecule has 6 nitrogen and oxygen atoms in total. The average Bonchev–Trinajstić information content (AvgIpc) is 3.12. The zero-order valence-corrected chi connectivity index (χ0v) is 16.9. The van der Waals surface area contributed by atoms with Gasteiger partial charge in [-0.05, 0) is 44.7 Å². The fraction of sp³-hybridized carbons (Fsp3) is 0.500. The Hall–Kier alpha value is -2.63. The molecule has 0 spiro atoms. The monoisotopic (exact) mass is 379 g/mol. The Morgan fingerprint density at radius 1 is 0.857 bits per heavy atom. The van der Waals surface area contributed by atoms with E-state index in [1.54, 1.807) is 0 Å². The number of benzene rings is 1. The minimum atomic E-state index is 0.136. The molecule has 0 radical (unpaired) electrons. The molecule has 2 aromatic rings. The highest BCUT2D eigenvalue weighted by Crippen LogP contribution is 2.22. The number of carbonyl (C=O) groups excluding carboxylic acids is 1. The fourth-order valence-electron chi connectivity index (χ4n) is 4.09. The SMILES string of the molecule is Cc1cc(N2CCCN(C(=O)c3ccccc3C)CC2)nc(N2CCCC2)n1. The Labute approximate surface area is 167 Å². The number of carbonyl (C=O) groups is 1. The molecule has 0 N–H and O–H groups in total. The first-order chi connectivity index (χ1) is 13.6. The van der Waals surface area contributed by atoms with Gasteiger partial charge in [-0.3, -0.25) is 4.79 Å². The number of rotatable bonds is 3. The maximum absolute atomic E-state index is 13.0. The molecule has 28 heavy (non-hydrogen) atoms. The van der Waals surface area contributed by atoms with Crippen LogP contribution in [0.5, 0.6) is 0 Å². The van der Waals surface area contributed by atoms with Crippen LogP contribution in [0.1, 0.15) is 40.9 Å². The van der Waals surface area contributed by atoms with Crippen molar-refractivity contribution in [1.29, 1.82) is 0 Å². The van der Waals surface area contributed by atoms with Crippen molar-refractivity contribution >= 4 is 17.7 Å². The van der Waals surface area contributed by atoms with Crippen molar-refractivity contribution in [2.75, 3.05) is 49.1 Å². The lowest BCUT2D eigenvalue weighted by atomic mass is 10.1. The summed E-state index contributed by atoms with van der Waals surface area (Å²) in [5.74, 6) is 1.97. The Morgan fingerprint density at radius 2 is 1.61 bits per heavy atom. The van der Waals surface area contributed by atoms with Crippen LogP contribution in [-0.4, -0.2) is 60.0 Å². The molecule has 0 atom stereocenters. The second-order valence-electron chi connectivity index (χ2n) is 7.81. The second kappa shape index (κ2) is 8.17. The molecule has 0 saturated carbocycles. The second-order valence-corrected chi connectivity index (χ2v) is 7.81. The summed E-state index contributed by atoms with van der Waals surface area (Å²) < 4.78 is 0. The maximum Gasteiger partial charge on any atom is 0.254 e. The molecule has 2 aliphatic rings. The first kappa shape index (κ1) is 18.7. The molecule has 1 aromatic heterocycles. The molecule has 2 fully saturated rings. The van der Waals surface area contributed by atoms with E-state index in [-0.39, 0.29) is 5.91 Å². The van der Waals surface area contributed by atoms with Crippen LogP contribution in [-0.2, 0) is 0 Å². The Bertz CT molecular complexity index is 847. The van der Waals surface area contributed by atoms with Gasteiger partial charge >= 0.3 is 0 Å². The van der Waals surface area contributed by atoms with Gasteiger partial charge < -0.3 is 14.7 Å². The number of nitrogens with zero attached hydrogens (tertiary/aromatic N) is 5. The van der Waals surface area contributed by atoms with E-state index < -0.39 is 0 Å². The zero-order valence-electron chi connectivity index (χ0n) is 16.9. The molecular weight excluding hydrogens is 350 g/mol. The molecule has 0 bridgehead atoms. The number of hydrogen-bond donors (Lipinski definition) is 0. The van der Waals surface area contributed by atoms with Crippen LogP contribution >= 0.6 is 0 Å². The number of hydrogen-bond acceptors (Lipinski definition) is 5. The van der Waals surface area contributed by atoms with E-state index in [0.29, 0.717) is 0 Å². The van der Waals surface area contributed by atoms with Crippen LogP contribution in [0.4, 0.5) is 11.8 Å². The summed E-state index contributed by atoms with van der Waals surface area (Å²) in [4.78, 5) is 29.1. The van der Waals surface area contributed by atoms with Gasteiger partial charge in [0.15, 0.2) is 0 Å². The predicted octanol–water partition coefficient (Wildman–Crippen LogP) is 3.05. The third-order valence-corrected chi connectivity index (χ3v) is 5.70. The topological polar surface area (TPSA) is 52.6 Å². The molecule has 2 saturated heterocycles. The van der Waals surface area contributed by atoms with E-state index in [0.717, 1.165) is 74.3 Å². The zero-order chi connectivity index (χ0) is 19.5. The van der Waals surface area contributed by atoms with E-state index in [9.17, 15) is 4.79 Å². The van der Waals surface area contributed by atoms with Gasteiger partial charge in [-0.2, -0.15) is 4.98 Å². The van der Waals surface area contributed by atoms with Gasteiger partial charge in [0, 0.05) is 56.6 Å². The number of amides is 1. The summed E-state index contributed by atoms with van der Waals surface area (Å²) >= 11 is 0. The van der Waals surface area contributed by atoms with Crippen molar-refractivity contribution in [3.05, 3.63) is 47.2 Å². The summed E-state index contributed by atoms with van der Waals surface area (Å²) in [7, 11) is 0. The van der Waals surface area contributed by atoms with E-state index in [1.165, 1.54) is 12.8 Å². The third-order valence-electron chi connectivity index (χ3n) is 5.70. The molecular formula is C22H29N5O. The maximum atomic E-state index is 13.0. The summed E-state index contributed by atoms with van der Waals surface area (Å²) in [6.45, 7) is 9.34. The van der Waals surface area contributed by atoms with Gasteiger partial charge in [0.1, 0.15) is 5.82 Å². The molecule has 1 amide bonds. The van der Waals surface area contributed by atoms with E-state index in [1.807, 2.05) is 43.0 Å². The molecule has 0 unspecified atom stereocenters. The van der Waals surface area contributed by atoms with Gasteiger partial charge in [-0.25, -0.2) is 4.98 Å². The molecule has 1 aromatic carbocycles. The van der Waals surface area contributed by atoms with Gasteiger partial charge in [-0.15, -0.1) is 0 Å². The Kier molecular flexibility index (Phi) is 5.46. The van der Waals surface area contributed by atoms with E-state index in [4.69, 9.17) is 4.98 Å². The van der Waals surface area contributed by atoms with Gasteiger partial charge in [0.05, 0.1) is 0 Å². The highest BCUT2D eigenvalue weighted by atomic mass is 16.2. The summed E-state index contributed by atoms with van der Waals surface area (Å²) in [6.07, 6.45) is 3.37. The molecule has 3 heterocycles. The van der Waals surface area contributed by atoms with Crippen LogP contribution in [0.3, 0.4) is 0 Å². The van der Waals surface area contributed by atoms with E-state index >= 15 is 0 Å². The molecule has 0 aliphatic carbocycles. The molecule has 6 heteroatoms. The Morgan fingerprint density at radius 3 is 2.39 bits per heavy atom. The van der Waals surface area contributed by atoms with Gasteiger partial charge in [0.2, 0.25) is 5.95 Å². The predicted molar refractivity (Wildman–Crippen MR) is 112 cm³/mol. The van der Waals surface area contributed by atoms with Crippen LogP contribution in [0.2, 0.25) is 0 Å². The van der Waals surface area contributed by atoms with Crippen molar-refractivity contribution in [2.24, 2.45) is 0 Å². The third kappa shape index (κ3) is 3.96. The lowest BCUT2D eigenvalue weighted by Gasteiger charge is -2.25. The minimum Gasteiger partial charge on any atom is -0.355 e. The highest BCUT2D eigenvalue weighted by molar-refractivity contribution is 5.95. The number of anilines is 2. The fourth-order valence-corrected chi connectivity index (χ4v) is 4.09. The molecule has 148 valence electrons. The van der Waals surface area contributed by atoms with Crippen LogP contribution in [0.25, 0.3) is 0 Å². The smallest absolute Gasteiger partial charge is 0.254 e. The largest absolute Gasteiger partial charge is 0.355 e. The minimum absolute atomic E-state index is 0.136. The number of aromatic nitrogens is 2. The van der Waals surface area contributed by atoms with E-state index in [2.05, 4.69) is 20.9 Å². The van der Waals surface area contributed by atoms with Gasteiger partial charge in [-0.1, -0.05) is 18.2 Å². The summed E-state index contributed by atoms with van der Waals surface area (Å²) in [5, 5.41) is 0. The summed E-state index contributed by atoms with van der Waals surface area (Å²) in [6, 6.07) is 9.91. The van der Waals surface area contributed by atoms with Crippen molar-refractivity contribution in [3.8, 4) is 0 Å². The van der Waals surface area contributed by atoms with Crippen molar-refractivity contribution in [1.82, 2.24) is 14.9 Å². The standard InChI is InChI=1S/C22H29N5O/c1-17-8-3-4-9-19(17)21(28)26-13-7-12-25(14-15-26)20-16-18(2)23-22(24-20)27-10-5-6-11-27/h3-4,8-9,16H,5-7,10-15H2,1-2H3. The first-order valence-corrected chi connectivity index (χ1v) is 10.3. The van der Waals surface area contributed by atoms with Crippen LogP contribution in [0, 0.1) is 13.8 Å². The lowest BCUT2D eigenvalue weighted by Crippen LogP contribution is -2.36. The van der Waals surface area contributed by atoms with Crippen molar-refractivity contribution < 1.29 is 4.79 Å². The molecule has 4 rings (SSSR count). The van der Waals surface area contributed by atoms with Crippen LogP contribution in [0.15, 0.2) is 30.3 Å². The molecule has 2 aliphatic heterocycles. The number of aryl methyl sites for hydroxylation is 2. The first-order valence-electron chi connectivity index (χ1n) is 10.3. The lowest BCUT2D eigenvalue weighted by molar-refractivity contribution is 0.0766. The summed E-state index contributed by atoms with van der Waals surface area (Å²) in [5.41, 5.74) is 2.85. The highest BCUT2D eigenvalue weighted by Gasteiger charge is 2.23. The Balaban J connectivity index is 1.48. The van der Waals surface area contributed by atoms with Crippen molar-refractivity contribution in [3.63, 3.8) is 0 Å². The quantitative estimate of drug-likeness (QED) is 0.820. The van der Waals surface area contributed by atoms with Crippen LogP contribution < -0.4 is 9.80 Å². The van der Waals surface area contributed by atoms with Crippen molar-refractivity contribution in [2.45, 2.75) is 33.1 Å². The normalized spacial score (nSPS) is 17.7.